The van der Waals surface area contributed by atoms with E-state index in [4.69, 9.17) is 5.73 Å². The van der Waals surface area contributed by atoms with E-state index in [2.05, 4.69) is 15.6 Å². The van der Waals surface area contributed by atoms with E-state index in [1.54, 1.807) is 48.5 Å². The Labute approximate surface area is 311 Å². The van der Waals surface area contributed by atoms with Crippen LogP contribution < -0.4 is 16.4 Å². The van der Waals surface area contributed by atoms with Crippen LogP contribution in [0, 0.1) is 11.8 Å². The van der Waals surface area contributed by atoms with Crippen LogP contribution in [-0.2, 0) is 38.4 Å². The number of aliphatic hydroxyl groups excluding tert-OH is 1. The Morgan fingerprint density at radius 3 is 1.74 bits per heavy atom. The van der Waals surface area contributed by atoms with Gasteiger partial charge < -0.3 is 5.73 Å². The number of rotatable bonds is 20. The smallest absolute Gasteiger partial charge is 0.368 e. The van der Waals surface area contributed by atoms with Crippen LogP contribution in [0.5, 0.6) is 0 Å². The molecule has 0 saturated heterocycles. The van der Waals surface area contributed by atoms with Crippen molar-refractivity contribution < 1.29 is 29.0 Å². The topological polar surface area (TPSA) is 168 Å². The van der Waals surface area contributed by atoms with Crippen LogP contribution in [0.2, 0.25) is 0 Å². The van der Waals surface area contributed by atoms with Gasteiger partial charge in [0.25, 0.3) is 0 Å². The van der Waals surface area contributed by atoms with Crippen molar-refractivity contribution in [2.75, 3.05) is 0 Å². The number of hydrogen-bond donors (Lipinski definition) is 4. The van der Waals surface area contributed by atoms with E-state index in [0.29, 0.717) is 30.3 Å². The number of carbonyl (C=O) groups is 4. The average molecular weight is 715 g/mol. The number of nitrogens with two attached hydrogens (primary N) is 1. The van der Waals surface area contributed by atoms with Crippen molar-refractivity contribution in [3.63, 3.8) is 0 Å². The Balaban J connectivity index is 1.50. The minimum Gasteiger partial charge on any atom is -0.368 e. The number of nitrogens with one attached hydrogen (secondary N) is 2. The summed E-state index contributed by atoms with van der Waals surface area (Å²) in [5, 5.41) is 17.1. The second-order valence-corrected chi connectivity index (χ2v) is 13.6. The predicted octanol–water partition coefficient (Wildman–Crippen LogP) is 4.26. The molecule has 10 nitrogen and oxygen atoms in total. The summed E-state index contributed by atoms with van der Waals surface area (Å²) in [6, 6.07) is 31.7. The maximum absolute atomic E-state index is 14.1. The average Bonchev–Trinajstić information content (AvgIpc) is 3.16. The fourth-order valence-corrected chi connectivity index (χ4v) is 6.19. The van der Waals surface area contributed by atoms with E-state index >= 15 is 0 Å². The second-order valence-electron chi connectivity index (χ2n) is 13.6. The molecular weight excluding hydrogens is 667 g/mol. The van der Waals surface area contributed by atoms with Gasteiger partial charge in [-0.05, 0) is 5.56 Å². The van der Waals surface area contributed by atoms with Crippen molar-refractivity contribution in [1.29, 1.82) is 0 Å². The summed E-state index contributed by atoms with van der Waals surface area (Å²) in [5.41, 5.74) is 9.24. The Morgan fingerprint density at radius 1 is 0.679 bits per heavy atom. The third-order valence-corrected chi connectivity index (χ3v) is 8.98. The van der Waals surface area contributed by atoms with Crippen LogP contribution in [0.3, 0.4) is 0 Å². The van der Waals surface area contributed by atoms with Gasteiger partial charge in [-0.25, -0.2) is 0 Å². The first-order chi connectivity index (χ1) is 25.5. The van der Waals surface area contributed by atoms with Crippen molar-refractivity contribution in [1.82, 2.24) is 10.6 Å². The fourth-order valence-electron chi connectivity index (χ4n) is 6.19. The molecule has 1 unspecified atom stereocenters. The standard InChI is InChI=1S/C42H47BN4O6/c1-28(2)22-37(42(52)46-36(40(44)50)25-31-18-20-33(21-19-31)39(49)32-16-10-5-11-17-32)47-41(51)34(23-29-12-6-3-7-13-29)26-38(48)35(45-27-43-53)24-30-14-8-4-9-15-30/h3-21,27-28,34-38,48H,22-26H2,1-2H3,(H2,44,50)(H,46,52)(H,47,51)/t34-,35+,36+,37+,38?/m1/s1. The molecular formula is C42H47BN4O6. The van der Waals surface area contributed by atoms with E-state index in [1.807, 2.05) is 80.6 Å². The molecule has 0 aromatic heterocycles. The Morgan fingerprint density at radius 2 is 1.19 bits per heavy atom. The third kappa shape index (κ3) is 12.9. The van der Waals surface area contributed by atoms with Gasteiger partial charge in [0.05, 0.1) is 0 Å². The summed E-state index contributed by atoms with van der Waals surface area (Å²) in [5.74, 6) is -2.66. The summed E-state index contributed by atoms with van der Waals surface area (Å²) in [6.07, 6.45) is 1.03. The van der Waals surface area contributed by atoms with E-state index in [9.17, 15) is 29.0 Å². The molecule has 0 heterocycles. The monoisotopic (exact) mass is 714 g/mol. The summed E-state index contributed by atoms with van der Waals surface area (Å²) in [4.78, 5) is 57.5. The molecule has 0 spiro atoms. The molecule has 274 valence electrons. The second kappa shape index (κ2) is 20.5. The first-order valence-electron chi connectivity index (χ1n) is 17.9. The van der Waals surface area contributed by atoms with Crippen LogP contribution in [0.25, 0.3) is 0 Å². The molecule has 0 aliphatic rings. The van der Waals surface area contributed by atoms with Gasteiger partial charge in [0, 0.05) is 17.5 Å². The number of hydrogen-bond acceptors (Lipinski definition) is 7. The third-order valence-electron chi connectivity index (χ3n) is 8.98. The molecule has 0 saturated carbocycles. The Hall–Kier alpha value is -5.55. The molecule has 3 amide bonds. The molecule has 4 aromatic carbocycles. The van der Waals surface area contributed by atoms with Gasteiger partial charge in [-0.15, -0.1) is 0 Å². The molecule has 5 atom stereocenters. The van der Waals surface area contributed by atoms with Gasteiger partial charge in [-0.3, -0.25) is 9.59 Å². The van der Waals surface area contributed by atoms with Gasteiger partial charge in [-0.2, -0.15) is 0 Å². The van der Waals surface area contributed by atoms with Crippen molar-refractivity contribution >= 4 is 36.8 Å². The van der Waals surface area contributed by atoms with Crippen molar-refractivity contribution in [2.24, 2.45) is 22.6 Å². The Kier molecular flexibility index (Phi) is 15.5. The number of carbonyl (C=O) groups excluding carboxylic acids is 4. The van der Waals surface area contributed by atoms with Gasteiger partial charge in [-0.1, -0.05) is 54.6 Å². The molecule has 0 aliphatic heterocycles. The summed E-state index contributed by atoms with van der Waals surface area (Å²) in [7, 11) is 0.551. The molecule has 0 bridgehead atoms. The fraction of sp³-hybridized carbons (Fsp3) is 0.310. The van der Waals surface area contributed by atoms with Crippen LogP contribution in [0.1, 0.15) is 59.3 Å². The van der Waals surface area contributed by atoms with Crippen LogP contribution in [0.4, 0.5) is 0 Å². The molecule has 0 radical (unpaired) electrons. The number of aliphatic imine (C=N–C) groups is 1. The molecule has 5 N–H and O–H groups in total. The molecule has 11 heteroatoms. The quantitative estimate of drug-likeness (QED) is 0.0607. The van der Waals surface area contributed by atoms with Crippen LogP contribution >= 0.6 is 0 Å². The predicted molar refractivity (Wildman–Crippen MR) is 206 cm³/mol. The molecule has 4 rings (SSSR count). The number of ketones is 1. The number of primary amides is 1. The number of benzene rings is 4. The zero-order valence-electron chi connectivity index (χ0n) is 30.1. The zero-order valence-corrected chi connectivity index (χ0v) is 30.1. The SMILES string of the molecule is CC(C)C[C@H](NC(=O)[C@H](Cc1ccccc1)CC(O)[C@H](Cc1ccccc1)N=CB=O)C(=O)N[C@@H](Cc1ccc(C(=O)c2ccccc2)cc1)C(N)=O. The van der Waals surface area contributed by atoms with Crippen molar-refractivity contribution in [3.8, 4) is 0 Å². The Bertz CT molecular complexity index is 1820. The van der Waals surface area contributed by atoms with Crippen molar-refractivity contribution in [2.45, 2.75) is 70.2 Å². The molecule has 0 aliphatic carbocycles. The van der Waals surface area contributed by atoms with Crippen LogP contribution in [0.15, 0.2) is 120 Å². The molecule has 0 fully saturated rings. The summed E-state index contributed by atoms with van der Waals surface area (Å²) < 4.78 is 11.2. The van der Waals surface area contributed by atoms with Crippen LogP contribution in [-0.4, -0.2) is 66.1 Å². The van der Waals surface area contributed by atoms with Gasteiger partial charge >= 0.3 is 207 Å². The number of nitrogens with zero attached hydrogens (tertiary/aromatic N) is 1. The number of amides is 3. The minimum absolute atomic E-state index is 0.00105. The minimum atomic E-state index is -1.09. The van der Waals surface area contributed by atoms with Crippen molar-refractivity contribution in [3.05, 3.63) is 143 Å². The maximum atomic E-state index is 14.1. The zero-order chi connectivity index (χ0) is 38.2. The summed E-state index contributed by atoms with van der Waals surface area (Å²) >= 11 is 0. The van der Waals surface area contributed by atoms with Gasteiger partial charge in [0.2, 0.25) is 5.91 Å². The first kappa shape index (κ1) is 40.2. The van der Waals surface area contributed by atoms with E-state index < -0.39 is 47.9 Å². The first-order valence-corrected chi connectivity index (χ1v) is 17.9. The van der Waals surface area contributed by atoms with E-state index in [-0.39, 0.29) is 37.4 Å². The summed E-state index contributed by atoms with van der Waals surface area (Å²) in [6.45, 7) is 3.83. The van der Waals surface area contributed by atoms with Gasteiger partial charge in [0.1, 0.15) is 0 Å². The van der Waals surface area contributed by atoms with Gasteiger partial charge in [0.15, 0.2) is 5.78 Å². The molecule has 4 aromatic rings. The number of aliphatic hydroxyl groups is 1. The normalized spacial score (nSPS) is 14.0. The van der Waals surface area contributed by atoms with E-state index in [1.165, 1.54) is 0 Å². The van der Waals surface area contributed by atoms with E-state index in [0.717, 1.165) is 17.2 Å². The molecule has 53 heavy (non-hydrogen) atoms.